The molecule has 0 aromatic carbocycles. The van der Waals surface area contributed by atoms with Crippen molar-refractivity contribution < 1.29 is 4.74 Å². The van der Waals surface area contributed by atoms with Crippen molar-refractivity contribution in [3.05, 3.63) is 24.3 Å². The Morgan fingerprint density at radius 1 is 1.46 bits per heavy atom. The summed E-state index contributed by atoms with van der Waals surface area (Å²) in [7, 11) is 0. The van der Waals surface area contributed by atoms with Crippen LogP contribution in [0.15, 0.2) is 24.3 Å². The molecule has 1 heteroatoms. The molecule has 0 saturated carbocycles. The quantitative estimate of drug-likeness (QED) is 0.593. The maximum atomic E-state index is 5.44. The first-order valence-corrected chi connectivity index (χ1v) is 5.18. The molecule has 2 unspecified atom stereocenters. The normalized spacial score (nSPS) is 27.1. The van der Waals surface area contributed by atoms with Crippen LogP contribution in [0, 0.1) is 5.92 Å². The molecule has 1 saturated heterocycles. The second-order valence-electron chi connectivity index (χ2n) is 3.05. The number of hydrogen-bond donors (Lipinski definition) is 0. The summed E-state index contributed by atoms with van der Waals surface area (Å²) in [6, 6.07) is 0. The van der Waals surface area contributed by atoms with E-state index in [4.69, 9.17) is 4.74 Å². The van der Waals surface area contributed by atoms with Crippen LogP contribution < -0.4 is 0 Å². The van der Waals surface area contributed by atoms with Crippen LogP contribution in [0.4, 0.5) is 0 Å². The van der Waals surface area contributed by atoms with Crippen molar-refractivity contribution in [1.29, 1.82) is 0 Å². The van der Waals surface area contributed by atoms with E-state index in [0.717, 1.165) is 13.0 Å². The van der Waals surface area contributed by atoms with Gasteiger partial charge in [0.15, 0.2) is 0 Å². The highest BCUT2D eigenvalue weighted by Gasteiger charge is 2.24. The molecule has 0 bridgehead atoms. The predicted molar refractivity (Wildman–Crippen MR) is 58.8 cm³/mol. The maximum absolute atomic E-state index is 5.44. The minimum atomic E-state index is 0.360. The van der Waals surface area contributed by atoms with Gasteiger partial charge in [-0.2, -0.15) is 0 Å². The summed E-state index contributed by atoms with van der Waals surface area (Å²) >= 11 is 0. The average Bonchev–Trinajstić information content (AvgIpc) is 2.55. The lowest BCUT2D eigenvalue weighted by atomic mass is 9.94. The van der Waals surface area contributed by atoms with Crippen molar-refractivity contribution in [1.82, 2.24) is 0 Å². The predicted octanol–water partition coefficient (Wildman–Crippen LogP) is 3.57. The van der Waals surface area contributed by atoms with Crippen LogP contribution in [0.3, 0.4) is 0 Å². The Morgan fingerprint density at radius 2 is 2.08 bits per heavy atom. The van der Waals surface area contributed by atoms with Crippen LogP contribution in [0.25, 0.3) is 0 Å². The third kappa shape index (κ3) is 3.77. The van der Waals surface area contributed by atoms with E-state index in [-0.39, 0.29) is 0 Å². The van der Waals surface area contributed by atoms with Gasteiger partial charge in [-0.05, 0) is 25.8 Å². The van der Waals surface area contributed by atoms with Gasteiger partial charge in [0, 0.05) is 12.5 Å². The summed E-state index contributed by atoms with van der Waals surface area (Å²) in [6.07, 6.45) is 5.60. The first kappa shape index (κ1) is 12.4. The van der Waals surface area contributed by atoms with E-state index in [1.165, 1.54) is 5.57 Å². The van der Waals surface area contributed by atoms with Gasteiger partial charge >= 0.3 is 0 Å². The van der Waals surface area contributed by atoms with Crippen LogP contribution >= 0.6 is 0 Å². The van der Waals surface area contributed by atoms with Gasteiger partial charge in [0.05, 0.1) is 6.10 Å². The highest BCUT2D eigenvalue weighted by Crippen LogP contribution is 2.27. The molecule has 0 aromatic heterocycles. The summed E-state index contributed by atoms with van der Waals surface area (Å²) in [5.41, 5.74) is 1.21. The van der Waals surface area contributed by atoms with Crippen LogP contribution in [-0.2, 0) is 4.74 Å². The lowest BCUT2D eigenvalue weighted by molar-refractivity contribution is 0.113. The van der Waals surface area contributed by atoms with E-state index in [1.54, 1.807) is 0 Å². The minimum Gasteiger partial charge on any atom is -0.378 e. The lowest BCUT2D eigenvalue weighted by Gasteiger charge is -2.13. The van der Waals surface area contributed by atoms with Gasteiger partial charge in [0.25, 0.3) is 0 Å². The van der Waals surface area contributed by atoms with Crippen molar-refractivity contribution in [2.45, 2.75) is 40.2 Å². The Bertz CT molecular complexity index is 170. The van der Waals surface area contributed by atoms with E-state index in [9.17, 15) is 0 Å². The Hall–Kier alpha value is -0.560. The molecule has 1 fully saturated rings. The van der Waals surface area contributed by atoms with Gasteiger partial charge in [0.2, 0.25) is 0 Å². The number of allylic oxidation sites excluding steroid dienone is 2. The van der Waals surface area contributed by atoms with Gasteiger partial charge in [-0.15, -0.1) is 0 Å². The van der Waals surface area contributed by atoms with Crippen LogP contribution in [0.2, 0.25) is 0 Å². The van der Waals surface area contributed by atoms with Gasteiger partial charge in [0.1, 0.15) is 0 Å². The van der Waals surface area contributed by atoms with Crippen molar-refractivity contribution >= 4 is 0 Å². The number of ether oxygens (including phenoxy) is 1. The fraction of sp³-hybridized carbons (Fsp3) is 0.667. The fourth-order valence-electron chi connectivity index (χ4n) is 1.56. The molecule has 1 heterocycles. The fourth-order valence-corrected chi connectivity index (χ4v) is 1.56. The van der Waals surface area contributed by atoms with Gasteiger partial charge in [-0.3, -0.25) is 0 Å². The third-order valence-electron chi connectivity index (χ3n) is 2.23. The summed E-state index contributed by atoms with van der Waals surface area (Å²) < 4.78 is 5.44. The van der Waals surface area contributed by atoms with Crippen LogP contribution in [0.5, 0.6) is 0 Å². The molecule has 1 aliphatic heterocycles. The Kier molecular flexibility index (Phi) is 6.61. The average molecular weight is 182 g/mol. The molecule has 0 N–H and O–H groups in total. The van der Waals surface area contributed by atoms with E-state index in [1.807, 2.05) is 26.8 Å². The molecule has 0 amide bonds. The Balaban J connectivity index is 0.000000671. The minimum absolute atomic E-state index is 0.360. The first-order chi connectivity index (χ1) is 6.25. The van der Waals surface area contributed by atoms with E-state index >= 15 is 0 Å². The highest BCUT2D eigenvalue weighted by molar-refractivity contribution is 5.19. The van der Waals surface area contributed by atoms with E-state index in [2.05, 4.69) is 19.6 Å². The molecule has 0 aliphatic carbocycles. The highest BCUT2D eigenvalue weighted by atomic mass is 16.5. The number of rotatable bonds is 2. The largest absolute Gasteiger partial charge is 0.378 e. The van der Waals surface area contributed by atoms with Crippen molar-refractivity contribution in [2.75, 3.05) is 6.61 Å². The molecule has 13 heavy (non-hydrogen) atoms. The van der Waals surface area contributed by atoms with Crippen molar-refractivity contribution in [2.24, 2.45) is 5.92 Å². The molecule has 0 radical (unpaired) electrons. The van der Waals surface area contributed by atoms with Crippen LogP contribution in [-0.4, -0.2) is 12.7 Å². The zero-order valence-corrected chi connectivity index (χ0v) is 9.34. The molecular weight excluding hydrogens is 160 g/mol. The SMILES string of the molecule is C=C(/C=C\C)C1CCOC1C.CC. The molecule has 1 aliphatic rings. The zero-order chi connectivity index (χ0) is 10.3. The smallest absolute Gasteiger partial charge is 0.0616 e. The molecule has 0 spiro atoms. The van der Waals surface area contributed by atoms with Gasteiger partial charge in [-0.1, -0.05) is 32.6 Å². The molecule has 1 rings (SSSR count). The van der Waals surface area contributed by atoms with Gasteiger partial charge in [-0.25, -0.2) is 0 Å². The second kappa shape index (κ2) is 6.90. The van der Waals surface area contributed by atoms with E-state index in [0.29, 0.717) is 12.0 Å². The lowest BCUT2D eigenvalue weighted by Crippen LogP contribution is -2.11. The molecular formula is C12H22O. The Morgan fingerprint density at radius 3 is 2.46 bits per heavy atom. The summed E-state index contributed by atoms with van der Waals surface area (Å²) in [5, 5.41) is 0. The zero-order valence-electron chi connectivity index (χ0n) is 9.34. The van der Waals surface area contributed by atoms with Crippen LogP contribution in [0.1, 0.15) is 34.1 Å². The topological polar surface area (TPSA) is 9.23 Å². The van der Waals surface area contributed by atoms with Gasteiger partial charge < -0.3 is 4.74 Å². The molecule has 1 nitrogen and oxygen atoms in total. The standard InChI is InChI=1S/C10H16O.C2H6/c1-4-5-8(2)10-6-7-11-9(10)3;1-2/h4-5,9-10H,2,6-7H2,1,3H3;1-2H3/b5-4-;. The summed E-state index contributed by atoms with van der Waals surface area (Å²) in [5.74, 6) is 0.547. The molecule has 0 aromatic rings. The third-order valence-corrected chi connectivity index (χ3v) is 2.23. The van der Waals surface area contributed by atoms with Crippen molar-refractivity contribution in [3.63, 3.8) is 0 Å². The maximum Gasteiger partial charge on any atom is 0.0616 e. The van der Waals surface area contributed by atoms with E-state index < -0.39 is 0 Å². The Labute approximate surface area is 82.5 Å². The molecule has 2 atom stereocenters. The first-order valence-electron chi connectivity index (χ1n) is 5.18. The monoisotopic (exact) mass is 182 g/mol. The molecule has 76 valence electrons. The van der Waals surface area contributed by atoms with Crippen molar-refractivity contribution in [3.8, 4) is 0 Å². The summed E-state index contributed by atoms with van der Waals surface area (Å²) in [6.45, 7) is 13.0. The summed E-state index contributed by atoms with van der Waals surface area (Å²) in [4.78, 5) is 0. The second-order valence-corrected chi connectivity index (χ2v) is 3.05. The number of hydrogen-bond acceptors (Lipinski definition) is 1.